The molecule has 1 saturated heterocycles. The standard InChI is InChI=1S/C16H29N4P/c1-4-13(9-12-21(2)3)5-6-14-7-8-15(18-14)16(17)19-20-10-11-20/h7-8,13,18H,4-6,9-12H2,1-3H3,(H2,17,19). The van der Waals surface area contributed by atoms with Gasteiger partial charge >= 0.3 is 0 Å². The van der Waals surface area contributed by atoms with Crippen molar-refractivity contribution in [3.8, 4) is 0 Å². The molecule has 0 aliphatic carbocycles. The zero-order valence-electron chi connectivity index (χ0n) is 13.6. The van der Waals surface area contributed by atoms with Gasteiger partial charge in [-0.25, -0.2) is 0 Å². The Kier molecular flexibility index (Phi) is 6.10. The van der Waals surface area contributed by atoms with E-state index in [0.29, 0.717) is 5.84 Å². The number of nitrogens with two attached hydrogens (primary N) is 1. The van der Waals surface area contributed by atoms with Crippen LogP contribution in [0.2, 0.25) is 0 Å². The van der Waals surface area contributed by atoms with Gasteiger partial charge in [0.1, 0.15) is 0 Å². The molecule has 0 saturated carbocycles. The van der Waals surface area contributed by atoms with Crippen LogP contribution in [0.3, 0.4) is 0 Å². The summed E-state index contributed by atoms with van der Waals surface area (Å²) < 4.78 is 0. The van der Waals surface area contributed by atoms with Gasteiger partial charge in [-0.15, -0.1) is 7.92 Å². The molecule has 118 valence electrons. The Hall–Kier alpha value is -1.02. The van der Waals surface area contributed by atoms with Gasteiger partial charge in [-0.05, 0) is 56.8 Å². The van der Waals surface area contributed by atoms with E-state index in [1.165, 1.54) is 31.1 Å². The van der Waals surface area contributed by atoms with Crippen LogP contribution in [0.25, 0.3) is 0 Å². The summed E-state index contributed by atoms with van der Waals surface area (Å²) in [6.45, 7) is 9.12. The summed E-state index contributed by atoms with van der Waals surface area (Å²) in [6.07, 6.45) is 6.44. The fourth-order valence-electron chi connectivity index (χ4n) is 2.44. The zero-order chi connectivity index (χ0) is 15.2. The summed E-state index contributed by atoms with van der Waals surface area (Å²) in [5.74, 6) is 1.46. The highest BCUT2D eigenvalue weighted by atomic mass is 31.1. The van der Waals surface area contributed by atoms with Crippen molar-refractivity contribution in [2.75, 3.05) is 32.6 Å². The molecular formula is C16H29N4P. The van der Waals surface area contributed by atoms with Crippen molar-refractivity contribution in [2.45, 2.75) is 32.6 Å². The number of hydrogen-bond acceptors (Lipinski definition) is 2. The second kappa shape index (κ2) is 7.84. The number of nitrogens with one attached hydrogen (secondary N) is 1. The first-order chi connectivity index (χ1) is 10.1. The van der Waals surface area contributed by atoms with E-state index < -0.39 is 0 Å². The lowest BCUT2D eigenvalue weighted by atomic mass is 9.97. The van der Waals surface area contributed by atoms with E-state index in [-0.39, 0.29) is 7.92 Å². The quantitative estimate of drug-likeness (QED) is 0.319. The van der Waals surface area contributed by atoms with Crippen LogP contribution < -0.4 is 5.73 Å². The predicted molar refractivity (Wildman–Crippen MR) is 93.4 cm³/mol. The first kappa shape index (κ1) is 16.4. The predicted octanol–water partition coefficient (Wildman–Crippen LogP) is 3.04. The van der Waals surface area contributed by atoms with Gasteiger partial charge in [0.05, 0.1) is 18.8 Å². The van der Waals surface area contributed by atoms with Crippen LogP contribution >= 0.6 is 7.92 Å². The van der Waals surface area contributed by atoms with E-state index in [1.54, 1.807) is 0 Å². The highest BCUT2D eigenvalue weighted by molar-refractivity contribution is 7.55. The molecule has 21 heavy (non-hydrogen) atoms. The Morgan fingerprint density at radius 2 is 2.14 bits per heavy atom. The lowest BCUT2D eigenvalue weighted by Gasteiger charge is -2.15. The minimum absolute atomic E-state index is 0.244. The van der Waals surface area contributed by atoms with Gasteiger partial charge in [-0.1, -0.05) is 13.3 Å². The van der Waals surface area contributed by atoms with Crippen LogP contribution in [-0.4, -0.2) is 48.4 Å². The number of aryl methyl sites for hydroxylation is 1. The van der Waals surface area contributed by atoms with Crippen molar-refractivity contribution in [3.05, 3.63) is 23.5 Å². The molecular weight excluding hydrogens is 279 g/mol. The molecule has 0 spiro atoms. The van der Waals surface area contributed by atoms with Crippen molar-refractivity contribution in [1.82, 2.24) is 9.99 Å². The molecule has 2 heterocycles. The SMILES string of the molecule is CCC(CCc1ccc(/C(N)=N/N2CC2)[nH]1)CCP(C)C. The lowest BCUT2D eigenvalue weighted by Crippen LogP contribution is -2.15. The Morgan fingerprint density at radius 3 is 2.76 bits per heavy atom. The summed E-state index contributed by atoms with van der Waals surface area (Å²) in [7, 11) is 0.244. The third-order valence-corrected chi connectivity index (χ3v) is 5.23. The maximum Gasteiger partial charge on any atom is 0.167 e. The maximum atomic E-state index is 5.99. The molecule has 0 bridgehead atoms. The smallest absolute Gasteiger partial charge is 0.167 e. The zero-order valence-corrected chi connectivity index (χ0v) is 14.5. The molecule has 1 fully saturated rings. The van der Waals surface area contributed by atoms with E-state index in [9.17, 15) is 0 Å². The normalized spacial score (nSPS) is 16.6. The van der Waals surface area contributed by atoms with Gasteiger partial charge in [-0.3, -0.25) is 5.01 Å². The second-order valence-corrected chi connectivity index (χ2v) is 8.85. The number of rotatable bonds is 9. The first-order valence-electron chi connectivity index (χ1n) is 8.00. The molecule has 0 amide bonds. The summed E-state index contributed by atoms with van der Waals surface area (Å²) in [5.41, 5.74) is 8.23. The number of amidine groups is 1. The number of aromatic nitrogens is 1. The summed E-state index contributed by atoms with van der Waals surface area (Å²) >= 11 is 0. The van der Waals surface area contributed by atoms with Crippen LogP contribution in [0.4, 0.5) is 0 Å². The molecule has 0 radical (unpaired) electrons. The molecule has 1 aliphatic heterocycles. The van der Waals surface area contributed by atoms with Gasteiger partial charge in [0.2, 0.25) is 0 Å². The van der Waals surface area contributed by atoms with Crippen molar-refractivity contribution >= 4 is 13.8 Å². The van der Waals surface area contributed by atoms with Crippen molar-refractivity contribution in [1.29, 1.82) is 0 Å². The molecule has 1 aliphatic rings. The number of nitrogens with zero attached hydrogens (tertiary/aromatic N) is 2. The van der Waals surface area contributed by atoms with Gasteiger partial charge in [-0.2, -0.15) is 5.10 Å². The molecule has 4 nitrogen and oxygen atoms in total. The van der Waals surface area contributed by atoms with Gasteiger partial charge in [0, 0.05) is 5.69 Å². The molecule has 0 aromatic carbocycles. The van der Waals surface area contributed by atoms with Crippen LogP contribution in [0.1, 0.15) is 37.6 Å². The number of hydrazone groups is 1. The molecule has 5 heteroatoms. The van der Waals surface area contributed by atoms with E-state index in [2.05, 4.69) is 42.5 Å². The first-order valence-corrected chi connectivity index (χ1v) is 10.4. The highest BCUT2D eigenvalue weighted by Crippen LogP contribution is 2.29. The minimum Gasteiger partial charge on any atom is -0.381 e. The number of H-pyrrole nitrogens is 1. The maximum absolute atomic E-state index is 5.99. The molecule has 1 atom stereocenters. The number of hydrogen-bond donors (Lipinski definition) is 2. The summed E-state index contributed by atoms with van der Waals surface area (Å²) in [4.78, 5) is 3.41. The van der Waals surface area contributed by atoms with E-state index in [4.69, 9.17) is 5.73 Å². The third-order valence-electron chi connectivity index (χ3n) is 4.08. The van der Waals surface area contributed by atoms with Crippen molar-refractivity contribution < 1.29 is 0 Å². The monoisotopic (exact) mass is 308 g/mol. The van der Waals surface area contributed by atoms with Gasteiger partial charge in [0.25, 0.3) is 0 Å². The van der Waals surface area contributed by atoms with E-state index >= 15 is 0 Å². The van der Waals surface area contributed by atoms with E-state index in [1.807, 2.05) is 5.01 Å². The minimum atomic E-state index is 0.244. The Balaban J connectivity index is 1.81. The van der Waals surface area contributed by atoms with Gasteiger partial charge in [0.15, 0.2) is 5.84 Å². The Bertz CT molecular complexity index is 463. The molecule has 1 aromatic rings. The van der Waals surface area contributed by atoms with E-state index in [0.717, 1.165) is 31.1 Å². The summed E-state index contributed by atoms with van der Waals surface area (Å²) in [6, 6.07) is 4.20. The van der Waals surface area contributed by atoms with Crippen LogP contribution in [0.15, 0.2) is 17.2 Å². The average Bonchev–Trinajstić information content (AvgIpc) is 3.13. The van der Waals surface area contributed by atoms with Crippen molar-refractivity contribution in [3.63, 3.8) is 0 Å². The van der Waals surface area contributed by atoms with Crippen LogP contribution in [-0.2, 0) is 6.42 Å². The molecule has 1 aromatic heterocycles. The molecule has 2 rings (SSSR count). The van der Waals surface area contributed by atoms with Gasteiger partial charge < -0.3 is 10.7 Å². The molecule has 3 N–H and O–H groups in total. The topological polar surface area (TPSA) is 57.2 Å². The fraction of sp³-hybridized carbons (Fsp3) is 0.688. The highest BCUT2D eigenvalue weighted by Gasteiger charge is 2.16. The average molecular weight is 308 g/mol. The van der Waals surface area contributed by atoms with Crippen molar-refractivity contribution in [2.24, 2.45) is 16.8 Å². The molecule has 1 unspecified atom stereocenters. The third kappa shape index (κ3) is 5.70. The Morgan fingerprint density at radius 1 is 1.38 bits per heavy atom. The van der Waals surface area contributed by atoms with Crippen LogP contribution in [0.5, 0.6) is 0 Å². The van der Waals surface area contributed by atoms with Crippen LogP contribution in [0, 0.1) is 5.92 Å². The Labute approximate surface area is 129 Å². The second-order valence-electron chi connectivity index (χ2n) is 6.24. The summed E-state index contributed by atoms with van der Waals surface area (Å²) in [5, 5.41) is 6.30. The lowest BCUT2D eigenvalue weighted by molar-refractivity contribution is 0.457. The number of aromatic amines is 1. The fourth-order valence-corrected chi connectivity index (χ4v) is 3.32. The largest absolute Gasteiger partial charge is 0.381 e.